The lowest BCUT2D eigenvalue weighted by Gasteiger charge is -2.06. The first-order valence-electron chi connectivity index (χ1n) is 4.81. The van der Waals surface area contributed by atoms with Gasteiger partial charge < -0.3 is 10.4 Å². The summed E-state index contributed by atoms with van der Waals surface area (Å²) in [4.78, 5) is 10.3. The van der Waals surface area contributed by atoms with Crippen LogP contribution in [0.5, 0.6) is 0 Å². The minimum Gasteiger partial charge on any atom is -0.481 e. The van der Waals surface area contributed by atoms with Crippen LogP contribution in [0.1, 0.15) is 18.4 Å². The second-order valence-electron chi connectivity index (χ2n) is 3.39. The number of rotatable bonds is 5. The molecule has 0 fully saturated rings. The number of anilines is 1. The standard InChI is InChI=1S/C11H14ClNO2/c1-8-4-5-9(7-10(8)12)13-6-2-3-11(14)15/h4-5,7,13H,2-3,6H2,1H3,(H,14,15). The number of hydrogen-bond donors (Lipinski definition) is 2. The molecule has 0 amide bonds. The number of benzene rings is 1. The molecular weight excluding hydrogens is 214 g/mol. The predicted molar refractivity (Wildman–Crippen MR) is 61.5 cm³/mol. The van der Waals surface area contributed by atoms with Gasteiger partial charge in [0.15, 0.2) is 0 Å². The van der Waals surface area contributed by atoms with E-state index in [-0.39, 0.29) is 6.42 Å². The van der Waals surface area contributed by atoms with E-state index in [0.29, 0.717) is 13.0 Å². The topological polar surface area (TPSA) is 49.3 Å². The zero-order chi connectivity index (χ0) is 11.3. The van der Waals surface area contributed by atoms with Crippen molar-refractivity contribution < 1.29 is 9.90 Å². The van der Waals surface area contributed by atoms with Crippen molar-refractivity contribution in [3.63, 3.8) is 0 Å². The summed E-state index contributed by atoms with van der Waals surface area (Å²) in [5, 5.41) is 12.3. The van der Waals surface area contributed by atoms with Crippen molar-refractivity contribution in [3.05, 3.63) is 28.8 Å². The Hall–Kier alpha value is -1.22. The van der Waals surface area contributed by atoms with E-state index >= 15 is 0 Å². The number of carbonyl (C=O) groups is 1. The molecule has 0 aliphatic rings. The second-order valence-corrected chi connectivity index (χ2v) is 3.80. The molecule has 1 aromatic rings. The SMILES string of the molecule is Cc1ccc(NCCCC(=O)O)cc1Cl. The van der Waals surface area contributed by atoms with Crippen LogP contribution in [0.2, 0.25) is 5.02 Å². The van der Waals surface area contributed by atoms with Crippen molar-refractivity contribution in [2.24, 2.45) is 0 Å². The van der Waals surface area contributed by atoms with E-state index in [1.54, 1.807) is 0 Å². The van der Waals surface area contributed by atoms with Crippen molar-refractivity contribution in [2.75, 3.05) is 11.9 Å². The molecule has 0 saturated carbocycles. The molecule has 1 rings (SSSR count). The highest BCUT2D eigenvalue weighted by Crippen LogP contribution is 2.19. The fraction of sp³-hybridized carbons (Fsp3) is 0.364. The number of hydrogen-bond acceptors (Lipinski definition) is 2. The highest BCUT2D eigenvalue weighted by molar-refractivity contribution is 6.31. The van der Waals surface area contributed by atoms with Gasteiger partial charge >= 0.3 is 5.97 Å². The van der Waals surface area contributed by atoms with Crippen molar-refractivity contribution in [2.45, 2.75) is 19.8 Å². The number of aryl methyl sites for hydroxylation is 1. The van der Waals surface area contributed by atoms with Crippen LogP contribution in [-0.4, -0.2) is 17.6 Å². The quantitative estimate of drug-likeness (QED) is 0.761. The summed E-state index contributed by atoms with van der Waals surface area (Å²) in [5.74, 6) is -0.765. The Bertz CT molecular complexity index is 352. The number of carboxylic acids is 1. The summed E-state index contributed by atoms with van der Waals surface area (Å²) in [6.07, 6.45) is 0.799. The number of aliphatic carboxylic acids is 1. The van der Waals surface area contributed by atoms with Gasteiger partial charge in [-0.05, 0) is 31.0 Å². The molecule has 0 atom stereocenters. The lowest BCUT2D eigenvalue weighted by Crippen LogP contribution is -2.04. The van der Waals surface area contributed by atoms with Gasteiger partial charge in [-0.2, -0.15) is 0 Å². The van der Waals surface area contributed by atoms with Crippen molar-refractivity contribution >= 4 is 23.3 Å². The van der Waals surface area contributed by atoms with Crippen LogP contribution in [0.4, 0.5) is 5.69 Å². The van der Waals surface area contributed by atoms with Crippen molar-refractivity contribution in [1.82, 2.24) is 0 Å². The Labute approximate surface area is 94.1 Å². The van der Waals surface area contributed by atoms with Gasteiger partial charge in [-0.3, -0.25) is 4.79 Å². The summed E-state index contributed by atoms with van der Waals surface area (Å²) in [6.45, 7) is 2.59. The molecule has 3 nitrogen and oxygen atoms in total. The van der Waals surface area contributed by atoms with Crippen molar-refractivity contribution in [3.8, 4) is 0 Å². The molecule has 15 heavy (non-hydrogen) atoms. The molecule has 2 N–H and O–H groups in total. The number of halogens is 1. The zero-order valence-corrected chi connectivity index (χ0v) is 9.34. The zero-order valence-electron chi connectivity index (χ0n) is 8.59. The minimum atomic E-state index is -0.765. The Balaban J connectivity index is 2.38. The molecular formula is C11H14ClNO2. The van der Waals surface area contributed by atoms with Gasteiger partial charge in [0.2, 0.25) is 0 Å². The molecule has 0 heterocycles. The molecule has 0 unspecified atom stereocenters. The molecule has 0 spiro atoms. The number of carboxylic acid groups (broad SMARTS) is 1. The number of nitrogens with one attached hydrogen (secondary N) is 1. The average Bonchev–Trinajstić information content (AvgIpc) is 2.18. The van der Waals surface area contributed by atoms with Crippen molar-refractivity contribution in [1.29, 1.82) is 0 Å². The van der Waals surface area contributed by atoms with Crippen LogP contribution in [0, 0.1) is 6.92 Å². The first kappa shape index (κ1) is 11.9. The van der Waals surface area contributed by atoms with E-state index in [0.717, 1.165) is 16.3 Å². The molecule has 4 heteroatoms. The maximum atomic E-state index is 10.3. The highest BCUT2D eigenvalue weighted by atomic mass is 35.5. The first-order chi connectivity index (χ1) is 7.09. The van der Waals surface area contributed by atoms with Crippen LogP contribution < -0.4 is 5.32 Å². The monoisotopic (exact) mass is 227 g/mol. The molecule has 1 aromatic carbocycles. The second kappa shape index (κ2) is 5.61. The van der Waals surface area contributed by atoms with E-state index in [2.05, 4.69) is 5.32 Å². The van der Waals surface area contributed by atoms with Crippen LogP contribution in [-0.2, 0) is 4.79 Å². The summed E-state index contributed by atoms with van der Waals surface area (Å²) >= 11 is 5.94. The van der Waals surface area contributed by atoms with Gasteiger partial charge in [0, 0.05) is 23.7 Å². The maximum absolute atomic E-state index is 10.3. The molecule has 0 aliphatic heterocycles. The van der Waals surface area contributed by atoms with Gasteiger partial charge in [-0.1, -0.05) is 17.7 Å². The van der Waals surface area contributed by atoms with E-state index in [9.17, 15) is 4.79 Å². The molecule has 0 radical (unpaired) electrons. The Morgan fingerprint density at radius 3 is 2.87 bits per heavy atom. The van der Waals surface area contributed by atoms with E-state index in [1.165, 1.54) is 0 Å². The molecule has 0 saturated heterocycles. The Morgan fingerprint density at radius 1 is 1.53 bits per heavy atom. The van der Waals surface area contributed by atoms with Gasteiger partial charge in [-0.25, -0.2) is 0 Å². The molecule has 0 bridgehead atoms. The lowest BCUT2D eigenvalue weighted by molar-refractivity contribution is -0.137. The predicted octanol–water partition coefficient (Wildman–Crippen LogP) is 2.93. The van der Waals surface area contributed by atoms with Gasteiger partial charge in [0.25, 0.3) is 0 Å². The highest BCUT2D eigenvalue weighted by Gasteiger charge is 1.98. The van der Waals surface area contributed by atoms with Gasteiger partial charge in [0.1, 0.15) is 0 Å². The summed E-state index contributed by atoms with van der Waals surface area (Å²) < 4.78 is 0. The molecule has 0 aromatic heterocycles. The van der Waals surface area contributed by atoms with Gasteiger partial charge in [-0.15, -0.1) is 0 Å². The minimum absolute atomic E-state index is 0.187. The molecule has 0 aliphatic carbocycles. The largest absolute Gasteiger partial charge is 0.481 e. The molecule has 82 valence electrons. The normalized spacial score (nSPS) is 10.0. The van der Waals surface area contributed by atoms with Gasteiger partial charge in [0.05, 0.1) is 0 Å². The summed E-state index contributed by atoms with van der Waals surface area (Å²) in [5.41, 5.74) is 1.96. The van der Waals surface area contributed by atoms with Crippen LogP contribution >= 0.6 is 11.6 Å². The fourth-order valence-electron chi connectivity index (χ4n) is 1.18. The Kier molecular flexibility index (Phi) is 4.43. The summed E-state index contributed by atoms with van der Waals surface area (Å²) in [7, 11) is 0. The fourth-order valence-corrected chi connectivity index (χ4v) is 1.36. The van der Waals surface area contributed by atoms with Crippen LogP contribution in [0.25, 0.3) is 0 Å². The maximum Gasteiger partial charge on any atom is 0.303 e. The average molecular weight is 228 g/mol. The summed E-state index contributed by atoms with van der Waals surface area (Å²) in [6, 6.07) is 5.71. The van der Waals surface area contributed by atoms with E-state index in [1.807, 2.05) is 25.1 Å². The van der Waals surface area contributed by atoms with E-state index < -0.39 is 5.97 Å². The smallest absolute Gasteiger partial charge is 0.303 e. The third kappa shape index (κ3) is 4.21. The third-order valence-corrected chi connectivity index (χ3v) is 2.48. The van der Waals surface area contributed by atoms with Crippen LogP contribution in [0.15, 0.2) is 18.2 Å². The third-order valence-electron chi connectivity index (χ3n) is 2.07. The lowest BCUT2D eigenvalue weighted by atomic mass is 10.2. The first-order valence-corrected chi connectivity index (χ1v) is 5.19. The van der Waals surface area contributed by atoms with E-state index in [4.69, 9.17) is 16.7 Å². The Morgan fingerprint density at radius 2 is 2.27 bits per heavy atom. The van der Waals surface area contributed by atoms with Crippen LogP contribution in [0.3, 0.4) is 0 Å².